The van der Waals surface area contributed by atoms with Crippen LogP contribution in [0.25, 0.3) is 27.7 Å². The number of halogens is 2. The summed E-state index contributed by atoms with van der Waals surface area (Å²) in [7, 11) is 0. The number of para-hydroxylation sites is 1. The zero-order chi connectivity index (χ0) is 18.8. The Bertz CT molecular complexity index is 1060. The molecule has 3 aromatic rings. The van der Waals surface area contributed by atoms with Crippen molar-refractivity contribution in [3.63, 3.8) is 0 Å². The zero-order valence-corrected chi connectivity index (χ0v) is 14.6. The van der Waals surface area contributed by atoms with Crippen LogP contribution in [0.15, 0.2) is 53.7 Å². The highest BCUT2D eigenvalue weighted by Crippen LogP contribution is 2.38. The predicted molar refractivity (Wildman–Crippen MR) is 103 cm³/mol. The number of nitrogens with two attached hydrogens (primary N) is 2. The summed E-state index contributed by atoms with van der Waals surface area (Å²) >= 11 is 6.00. The summed E-state index contributed by atoms with van der Waals surface area (Å²) in [5, 5.41) is 11.3. The van der Waals surface area contributed by atoms with Crippen LogP contribution < -0.4 is 11.5 Å². The Balaban J connectivity index is 2.31. The Morgan fingerprint density at radius 3 is 2.69 bits per heavy atom. The van der Waals surface area contributed by atoms with Crippen molar-refractivity contribution in [3.8, 4) is 17.0 Å². The Kier molecular flexibility index (Phi) is 4.77. The van der Waals surface area contributed by atoms with Gasteiger partial charge in [0, 0.05) is 21.9 Å². The third-order valence-corrected chi connectivity index (χ3v) is 4.20. The van der Waals surface area contributed by atoms with Gasteiger partial charge in [-0.1, -0.05) is 35.9 Å². The smallest absolute Gasteiger partial charge is 0.191 e. The van der Waals surface area contributed by atoms with Crippen molar-refractivity contribution in [2.75, 3.05) is 0 Å². The van der Waals surface area contributed by atoms with E-state index in [1.165, 1.54) is 0 Å². The SMILES string of the molecule is CC=C(N=C(N)N)c1ccc2c(F)cnc(-c3cccc(Cl)c3O)c2c1. The van der Waals surface area contributed by atoms with Gasteiger partial charge in [0.15, 0.2) is 5.96 Å². The van der Waals surface area contributed by atoms with E-state index >= 15 is 0 Å². The maximum atomic E-state index is 14.3. The lowest BCUT2D eigenvalue weighted by molar-refractivity contribution is 0.477. The fourth-order valence-corrected chi connectivity index (χ4v) is 2.90. The molecule has 7 heteroatoms. The molecule has 0 radical (unpaired) electrons. The molecule has 0 amide bonds. The number of aliphatic imine (C=N–C) groups is 1. The number of rotatable bonds is 3. The fourth-order valence-electron chi connectivity index (χ4n) is 2.72. The van der Waals surface area contributed by atoms with Crippen LogP contribution >= 0.6 is 11.6 Å². The molecule has 0 fully saturated rings. The number of hydrogen-bond acceptors (Lipinski definition) is 3. The van der Waals surface area contributed by atoms with Crippen molar-refractivity contribution in [2.45, 2.75) is 6.92 Å². The number of pyridine rings is 1. The van der Waals surface area contributed by atoms with Crippen LogP contribution in [0.2, 0.25) is 5.02 Å². The molecular formula is C19H16ClFN4O. The van der Waals surface area contributed by atoms with Crippen LogP contribution in [0.3, 0.4) is 0 Å². The normalized spacial score (nSPS) is 11.6. The van der Waals surface area contributed by atoms with Crippen molar-refractivity contribution < 1.29 is 9.50 Å². The molecule has 1 heterocycles. The lowest BCUT2D eigenvalue weighted by Gasteiger charge is -2.11. The number of benzene rings is 2. The van der Waals surface area contributed by atoms with Gasteiger partial charge in [0.2, 0.25) is 0 Å². The lowest BCUT2D eigenvalue weighted by Crippen LogP contribution is -2.22. The van der Waals surface area contributed by atoms with Crippen molar-refractivity contribution in [1.29, 1.82) is 0 Å². The summed E-state index contributed by atoms with van der Waals surface area (Å²) in [5.74, 6) is -0.667. The molecule has 3 rings (SSSR count). The average Bonchev–Trinajstić information content (AvgIpc) is 2.62. The Morgan fingerprint density at radius 2 is 2.00 bits per heavy atom. The molecular weight excluding hydrogens is 355 g/mol. The predicted octanol–water partition coefficient (Wildman–Crippen LogP) is 4.03. The van der Waals surface area contributed by atoms with E-state index in [2.05, 4.69) is 9.98 Å². The van der Waals surface area contributed by atoms with Gasteiger partial charge >= 0.3 is 0 Å². The van der Waals surface area contributed by atoms with Crippen LogP contribution in [0.1, 0.15) is 12.5 Å². The number of aromatic hydroxyl groups is 1. The molecule has 5 nitrogen and oxygen atoms in total. The Labute approximate surface area is 154 Å². The first-order chi connectivity index (χ1) is 12.4. The topological polar surface area (TPSA) is 97.5 Å². The minimum Gasteiger partial charge on any atom is -0.506 e. The van der Waals surface area contributed by atoms with Gasteiger partial charge in [0.1, 0.15) is 11.6 Å². The first-order valence-corrected chi connectivity index (χ1v) is 8.12. The molecule has 2 aromatic carbocycles. The molecule has 0 saturated carbocycles. The molecule has 0 aliphatic rings. The molecule has 26 heavy (non-hydrogen) atoms. The van der Waals surface area contributed by atoms with E-state index in [0.717, 1.165) is 6.20 Å². The molecule has 1 aromatic heterocycles. The summed E-state index contributed by atoms with van der Waals surface area (Å²) in [6.45, 7) is 1.79. The lowest BCUT2D eigenvalue weighted by atomic mass is 9.99. The van der Waals surface area contributed by atoms with Crippen molar-refractivity contribution in [1.82, 2.24) is 4.98 Å². The molecule has 0 spiro atoms. The zero-order valence-electron chi connectivity index (χ0n) is 13.9. The Hall–Kier alpha value is -3.12. The average molecular weight is 371 g/mol. The third-order valence-electron chi connectivity index (χ3n) is 3.90. The molecule has 0 unspecified atom stereocenters. The fraction of sp³-hybridized carbons (Fsp3) is 0.0526. The van der Waals surface area contributed by atoms with Crippen molar-refractivity contribution in [2.24, 2.45) is 16.5 Å². The summed E-state index contributed by atoms with van der Waals surface area (Å²) in [4.78, 5) is 8.25. The molecule has 0 aliphatic heterocycles. The van der Waals surface area contributed by atoms with Gasteiger partial charge in [-0.25, -0.2) is 9.38 Å². The number of allylic oxidation sites excluding steroid dienone is 1. The third kappa shape index (κ3) is 3.19. The summed E-state index contributed by atoms with van der Waals surface area (Å²) < 4.78 is 14.3. The van der Waals surface area contributed by atoms with Crippen molar-refractivity contribution >= 4 is 34.0 Å². The van der Waals surface area contributed by atoms with E-state index in [4.69, 9.17) is 23.1 Å². The second kappa shape index (κ2) is 7.01. The standard InChI is InChI=1S/C19H16ClFN4O/c1-2-16(25-19(22)23)10-6-7-11-13(8-10)17(24-9-15(11)21)12-4-3-5-14(20)18(12)26/h2-9,26H,1H3,(H4,22,23,25). The largest absolute Gasteiger partial charge is 0.506 e. The highest BCUT2D eigenvalue weighted by atomic mass is 35.5. The number of fused-ring (bicyclic) bond motifs is 1. The van der Waals surface area contributed by atoms with Crippen LogP contribution in [0, 0.1) is 5.82 Å². The molecule has 0 atom stereocenters. The van der Waals surface area contributed by atoms with Gasteiger partial charge in [0.05, 0.1) is 22.6 Å². The van der Waals surface area contributed by atoms with Crippen LogP contribution in [-0.4, -0.2) is 16.1 Å². The van der Waals surface area contributed by atoms with E-state index in [9.17, 15) is 9.50 Å². The second-order valence-corrected chi connectivity index (χ2v) is 5.97. The molecule has 132 valence electrons. The summed E-state index contributed by atoms with van der Waals surface area (Å²) in [5.41, 5.74) is 13.0. The van der Waals surface area contributed by atoms with Crippen LogP contribution in [0.5, 0.6) is 5.75 Å². The monoisotopic (exact) mass is 370 g/mol. The quantitative estimate of drug-likeness (QED) is 0.478. The number of aromatic nitrogens is 1. The van der Waals surface area contributed by atoms with E-state index in [0.29, 0.717) is 33.3 Å². The summed E-state index contributed by atoms with van der Waals surface area (Å²) in [6.07, 6.45) is 2.86. The van der Waals surface area contributed by atoms with Gasteiger partial charge < -0.3 is 16.6 Å². The highest BCUT2D eigenvalue weighted by molar-refractivity contribution is 6.32. The number of guanidine groups is 1. The van der Waals surface area contributed by atoms with Gasteiger partial charge in [0.25, 0.3) is 0 Å². The first kappa shape index (κ1) is 17.7. The van der Waals surface area contributed by atoms with Gasteiger partial charge in [-0.05, 0) is 25.1 Å². The molecule has 0 bridgehead atoms. The van der Waals surface area contributed by atoms with E-state index in [1.807, 2.05) is 0 Å². The van der Waals surface area contributed by atoms with E-state index in [1.54, 1.807) is 49.4 Å². The number of hydrogen-bond donors (Lipinski definition) is 3. The van der Waals surface area contributed by atoms with Gasteiger partial charge in [-0.2, -0.15) is 0 Å². The maximum Gasteiger partial charge on any atom is 0.191 e. The minimum absolute atomic E-state index is 0.0803. The minimum atomic E-state index is -0.472. The molecule has 0 aliphatic carbocycles. The van der Waals surface area contributed by atoms with Crippen molar-refractivity contribution in [3.05, 3.63) is 65.1 Å². The van der Waals surface area contributed by atoms with Crippen LogP contribution in [-0.2, 0) is 0 Å². The second-order valence-electron chi connectivity index (χ2n) is 5.56. The summed E-state index contributed by atoms with van der Waals surface area (Å²) in [6, 6.07) is 9.99. The van der Waals surface area contributed by atoms with Crippen LogP contribution in [0.4, 0.5) is 4.39 Å². The van der Waals surface area contributed by atoms with E-state index < -0.39 is 5.82 Å². The van der Waals surface area contributed by atoms with Gasteiger partial charge in [-0.3, -0.25) is 4.98 Å². The maximum absolute atomic E-state index is 14.3. The number of phenolic OH excluding ortho intramolecular Hbond substituents is 1. The number of phenols is 1. The molecule has 0 saturated heterocycles. The van der Waals surface area contributed by atoms with Gasteiger partial charge in [-0.15, -0.1) is 0 Å². The first-order valence-electron chi connectivity index (χ1n) is 7.74. The van der Waals surface area contributed by atoms with E-state index in [-0.39, 0.29) is 16.7 Å². The molecule has 5 N–H and O–H groups in total. The highest BCUT2D eigenvalue weighted by Gasteiger charge is 2.15. The Morgan fingerprint density at radius 1 is 1.23 bits per heavy atom. The number of nitrogens with zero attached hydrogens (tertiary/aromatic N) is 2.